The van der Waals surface area contributed by atoms with E-state index >= 15 is 0 Å². The van der Waals surface area contributed by atoms with Crippen molar-refractivity contribution in [1.82, 2.24) is 4.90 Å². The van der Waals surface area contributed by atoms with Gasteiger partial charge in [0.25, 0.3) is 11.6 Å². The highest BCUT2D eigenvalue weighted by molar-refractivity contribution is 5.94. The van der Waals surface area contributed by atoms with E-state index in [1.165, 1.54) is 30.7 Å². The fourth-order valence-electron chi connectivity index (χ4n) is 2.76. The summed E-state index contributed by atoms with van der Waals surface area (Å²) < 4.78 is 0. The molecule has 0 saturated carbocycles. The highest BCUT2D eigenvalue weighted by Crippen LogP contribution is 2.19. The van der Waals surface area contributed by atoms with Crippen LogP contribution in [0.4, 0.5) is 5.69 Å². The van der Waals surface area contributed by atoms with Crippen molar-refractivity contribution in [1.29, 1.82) is 0 Å². The molecule has 0 aromatic heterocycles. The number of non-ortho nitro benzene ring substituents is 1. The lowest BCUT2D eigenvalue weighted by atomic mass is 10.0. The first-order valence-corrected chi connectivity index (χ1v) is 8.93. The monoisotopic (exact) mass is 350 g/mol. The highest BCUT2D eigenvalue weighted by atomic mass is 16.6. The van der Waals surface area contributed by atoms with Gasteiger partial charge in [-0.15, -0.1) is 0 Å². The number of hydrogen-bond donors (Lipinski definition) is 1. The summed E-state index contributed by atoms with van der Waals surface area (Å²) in [5, 5.41) is 20.9. The van der Waals surface area contributed by atoms with E-state index in [0.29, 0.717) is 5.56 Å². The molecular weight excluding hydrogens is 320 g/mol. The van der Waals surface area contributed by atoms with Crippen LogP contribution in [-0.2, 0) is 0 Å². The van der Waals surface area contributed by atoms with Crippen LogP contribution in [0.2, 0.25) is 0 Å². The summed E-state index contributed by atoms with van der Waals surface area (Å²) in [4.78, 5) is 24.8. The molecule has 0 heterocycles. The third kappa shape index (κ3) is 7.22. The predicted octanol–water partition coefficient (Wildman–Crippen LogP) is 4.17. The SMILES string of the molecule is CCCCCCC(C)N(CC(C)(C)O)C(=O)c1ccc([N+](=O)[O-])cc1. The Kier molecular flexibility index (Phi) is 8.03. The van der Waals surface area contributed by atoms with E-state index in [2.05, 4.69) is 6.92 Å². The fourth-order valence-corrected chi connectivity index (χ4v) is 2.76. The average molecular weight is 350 g/mol. The molecule has 0 spiro atoms. The van der Waals surface area contributed by atoms with Crippen molar-refractivity contribution in [3.05, 3.63) is 39.9 Å². The maximum atomic E-state index is 12.9. The van der Waals surface area contributed by atoms with Gasteiger partial charge in [-0.1, -0.05) is 32.6 Å². The highest BCUT2D eigenvalue weighted by Gasteiger charge is 2.27. The number of amides is 1. The van der Waals surface area contributed by atoms with Crippen molar-refractivity contribution in [3.8, 4) is 0 Å². The Labute approximate surface area is 150 Å². The van der Waals surface area contributed by atoms with Crippen LogP contribution in [0.1, 0.15) is 70.2 Å². The van der Waals surface area contributed by atoms with Crippen LogP contribution in [0.15, 0.2) is 24.3 Å². The van der Waals surface area contributed by atoms with Crippen LogP contribution in [0, 0.1) is 10.1 Å². The second kappa shape index (κ2) is 9.51. The smallest absolute Gasteiger partial charge is 0.269 e. The molecule has 1 aromatic carbocycles. The lowest BCUT2D eigenvalue weighted by molar-refractivity contribution is -0.384. The number of benzene rings is 1. The minimum absolute atomic E-state index is 0.00836. The van der Waals surface area contributed by atoms with Gasteiger partial charge in [0, 0.05) is 30.3 Å². The molecule has 1 N–H and O–H groups in total. The summed E-state index contributed by atoms with van der Waals surface area (Å²) in [5.74, 6) is -0.208. The zero-order chi connectivity index (χ0) is 19.0. The second-order valence-corrected chi connectivity index (χ2v) is 7.25. The quantitative estimate of drug-likeness (QED) is 0.390. The van der Waals surface area contributed by atoms with Crippen LogP contribution in [0.25, 0.3) is 0 Å². The Morgan fingerprint density at radius 1 is 1.24 bits per heavy atom. The molecule has 0 aliphatic carbocycles. The molecular formula is C19H30N2O4. The average Bonchev–Trinajstić information content (AvgIpc) is 2.55. The van der Waals surface area contributed by atoms with Gasteiger partial charge in [-0.3, -0.25) is 14.9 Å². The van der Waals surface area contributed by atoms with E-state index in [1.54, 1.807) is 18.7 Å². The summed E-state index contributed by atoms with van der Waals surface area (Å²) in [5.41, 5.74) is -0.651. The largest absolute Gasteiger partial charge is 0.389 e. The zero-order valence-electron chi connectivity index (χ0n) is 15.7. The Morgan fingerprint density at radius 3 is 2.32 bits per heavy atom. The van der Waals surface area contributed by atoms with Crippen molar-refractivity contribution in [2.45, 2.75) is 71.4 Å². The molecule has 0 bridgehead atoms. The topological polar surface area (TPSA) is 83.7 Å². The Hall–Kier alpha value is -1.95. The molecule has 25 heavy (non-hydrogen) atoms. The van der Waals surface area contributed by atoms with Gasteiger partial charge in [-0.05, 0) is 39.3 Å². The zero-order valence-corrected chi connectivity index (χ0v) is 15.7. The summed E-state index contributed by atoms with van der Waals surface area (Å²) in [6.07, 6.45) is 5.36. The molecule has 0 radical (unpaired) electrons. The molecule has 6 heteroatoms. The Balaban J connectivity index is 2.89. The van der Waals surface area contributed by atoms with Crippen LogP contribution in [0.3, 0.4) is 0 Å². The molecule has 0 aliphatic rings. The van der Waals surface area contributed by atoms with Crippen molar-refractivity contribution < 1.29 is 14.8 Å². The molecule has 0 saturated heterocycles. The molecule has 140 valence electrons. The van der Waals surface area contributed by atoms with E-state index in [-0.39, 0.29) is 24.2 Å². The molecule has 0 fully saturated rings. The number of rotatable bonds is 10. The summed E-state index contributed by atoms with van der Waals surface area (Å²) >= 11 is 0. The molecule has 1 rings (SSSR count). The number of hydrogen-bond acceptors (Lipinski definition) is 4. The number of nitro groups is 1. The lowest BCUT2D eigenvalue weighted by Gasteiger charge is -2.34. The van der Waals surface area contributed by atoms with Crippen molar-refractivity contribution in [2.75, 3.05) is 6.54 Å². The Bertz CT molecular complexity index is 564. The maximum absolute atomic E-state index is 12.9. The number of nitro benzene ring substituents is 1. The van der Waals surface area contributed by atoms with Crippen molar-refractivity contribution in [3.63, 3.8) is 0 Å². The van der Waals surface area contributed by atoms with E-state index in [0.717, 1.165) is 25.7 Å². The first-order valence-electron chi connectivity index (χ1n) is 8.93. The van der Waals surface area contributed by atoms with Gasteiger partial charge in [0.1, 0.15) is 0 Å². The summed E-state index contributed by atoms with van der Waals surface area (Å²) in [6, 6.07) is 5.61. The lowest BCUT2D eigenvalue weighted by Crippen LogP contribution is -2.46. The molecule has 1 atom stereocenters. The van der Waals surface area contributed by atoms with Gasteiger partial charge in [0.05, 0.1) is 10.5 Å². The molecule has 1 amide bonds. The van der Waals surface area contributed by atoms with Crippen LogP contribution < -0.4 is 0 Å². The second-order valence-electron chi connectivity index (χ2n) is 7.25. The molecule has 1 unspecified atom stereocenters. The number of aliphatic hydroxyl groups is 1. The number of unbranched alkanes of at least 4 members (excludes halogenated alkanes) is 3. The Morgan fingerprint density at radius 2 is 1.84 bits per heavy atom. The molecule has 1 aromatic rings. The maximum Gasteiger partial charge on any atom is 0.269 e. The summed E-state index contributed by atoms with van der Waals surface area (Å²) in [7, 11) is 0. The predicted molar refractivity (Wildman–Crippen MR) is 98.7 cm³/mol. The van der Waals surface area contributed by atoms with E-state index in [1.807, 2.05) is 6.92 Å². The van der Waals surface area contributed by atoms with E-state index in [9.17, 15) is 20.0 Å². The number of nitrogens with zero attached hydrogens (tertiary/aromatic N) is 2. The summed E-state index contributed by atoms with van der Waals surface area (Å²) in [6.45, 7) is 7.71. The number of carbonyl (C=O) groups excluding carboxylic acids is 1. The van der Waals surface area contributed by atoms with Crippen molar-refractivity contribution >= 4 is 11.6 Å². The normalized spacial score (nSPS) is 12.7. The van der Waals surface area contributed by atoms with Gasteiger partial charge in [0.2, 0.25) is 0 Å². The van der Waals surface area contributed by atoms with E-state index in [4.69, 9.17) is 0 Å². The first-order chi connectivity index (χ1) is 11.7. The third-order valence-electron chi connectivity index (χ3n) is 4.15. The van der Waals surface area contributed by atoms with Gasteiger partial charge in [-0.2, -0.15) is 0 Å². The van der Waals surface area contributed by atoms with Gasteiger partial charge in [-0.25, -0.2) is 0 Å². The molecule has 6 nitrogen and oxygen atoms in total. The van der Waals surface area contributed by atoms with Crippen molar-refractivity contribution in [2.24, 2.45) is 0 Å². The first kappa shape index (κ1) is 21.1. The van der Waals surface area contributed by atoms with Gasteiger partial charge < -0.3 is 10.0 Å². The standard InChI is InChI=1S/C19H30N2O4/c1-5-6-7-8-9-15(2)20(14-19(3,4)23)18(22)16-10-12-17(13-11-16)21(24)25/h10-13,15,23H,5-9,14H2,1-4H3. The van der Waals surface area contributed by atoms with Crippen LogP contribution >= 0.6 is 0 Å². The number of carbonyl (C=O) groups is 1. The van der Waals surface area contributed by atoms with Crippen LogP contribution in [-0.4, -0.2) is 39.0 Å². The molecule has 0 aliphatic heterocycles. The van der Waals surface area contributed by atoms with Gasteiger partial charge in [0.15, 0.2) is 0 Å². The fraction of sp³-hybridized carbons (Fsp3) is 0.632. The van der Waals surface area contributed by atoms with Gasteiger partial charge >= 0.3 is 0 Å². The minimum atomic E-state index is -1.01. The van der Waals surface area contributed by atoms with E-state index < -0.39 is 10.5 Å². The third-order valence-corrected chi connectivity index (χ3v) is 4.15. The van der Waals surface area contributed by atoms with Crippen LogP contribution in [0.5, 0.6) is 0 Å². The minimum Gasteiger partial charge on any atom is -0.389 e.